The summed E-state index contributed by atoms with van der Waals surface area (Å²) in [5, 5.41) is 2.90. The van der Waals surface area contributed by atoms with Gasteiger partial charge in [0.15, 0.2) is 0 Å². The van der Waals surface area contributed by atoms with Gasteiger partial charge in [0.05, 0.1) is 17.0 Å². The maximum atomic E-state index is 12.6. The van der Waals surface area contributed by atoms with Crippen LogP contribution in [0.4, 0.5) is 0 Å². The first-order chi connectivity index (χ1) is 15.8. The van der Waals surface area contributed by atoms with Crippen LogP contribution < -0.4 is 0 Å². The first kappa shape index (κ1) is 20.4. The van der Waals surface area contributed by atoms with Crippen LogP contribution in [0.1, 0.15) is 10.6 Å². The van der Waals surface area contributed by atoms with Crippen molar-refractivity contribution < 1.29 is 13.9 Å². The number of benzene rings is 2. The van der Waals surface area contributed by atoms with Crippen LogP contribution in [0, 0.1) is 0 Å². The molecule has 0 N–H and O–H groups in total. The van der Waals surface area contributed by atoms with Crippen LogP contribution in [0.3, 0.4) is 0 Å². The summed E-state index contributed by atoms with van der Waals surface area (Å²) in [6.07, 6.45) is 1.67. The number of hydrogen-bond acceptors (Lipinski definition) is 7. The van der Waals surface area contributed by atoms with Crippen LogP contribution in [0.5, 0.6) is 0 Å². The number of carbonyl (C=O) groups excluding carboxylic acids is 1. The minimum Gasteiger partial charge on any atom is -0.459 e. The minimum absolute atomic E-state index is 0.0633. The van der Waals surface area contributed by atoms with Crippen molar-refractivity contribution in [3.05, 3.63) is 95.0 Å². The summed E-state index contributed by atoms with van der Waals surface area (Å²) in [6, 6.07) is 23.6. The van der Waals surface area contributed by atoms with E-state index in [0.29, 0.717) is 11.6 Å². The molecule has 0 bridgehead atoms. The van der Waals surface area contributed by atoms with E-state index in [1.54, 1.807) is 11.3 Å². The van der Waals surface area contributed by atoms with Gasteiger partial charge >= 0.3 is 5.97 Å². The molecule has 0 aliphatic carbocycles. The molecule has 2 aromatic carbocycles. The molecule has 158 valence electrons. The fraction of sp³-hybridized carbons (Fsp3) is 0.0800. The maximum absolute atomic E-state index is 12.6. The highest BCUT2D eigenvalue weighted by Gasteiger charge is 2.19. The third kappa shape index (κ3) is 4.54. The van der Waals surface area contributed by atoms with Gasteiger partial charge in [-0.1, -0.05) is 54.6 Å². The zero-order valence-corrected chi connectivity index (χ0v) is 18.6. The molecule has 0 aliphatic rings. The molecule has 0 aliphatic heterocycles. The van der Waals surface area contributed by atoms with Crippen molar-refractivity contribution in [3.8, 4) is 32.6 Å². The zero-order valence-electron chi connectivity index (χ0n) is 16.9. The Hall–Kier alpha value is -3.55. The first-order valence-electron chi connectivity index (χ1n) is 10.0. The third-order valence-electron chi connectivity index (χ3n) is 4.73. The average Bonchev–Trinajstić information content (AvgIpc) is 3.60. The quantitative estimate of drug-likeness (QED) is 0.261. The van der Waals surface area contributed by atoms with Gasteiger partial charge in [0.2, 0.25) is 5.89 Å². The molecule has 0 saturated heterocycles. The molecule has 0 atom stereocenters. The normalized spacial score (nSPS) is 10.9. The van der Waals surface area contributed by atoms with E-state index in [9.17, 15) is 4.79 Å². The highest BCUT2D eigenvalue weighted by atomic mass is 32.1. The maximum Gasteiger partial charge on any atom is 0.311 e. The van der Waals surface area contributed by atoms with Gasteiger partial charge in [-0.15, -0.1) is 22.7 Å². The highest BCUT2D eigenvalue weighted by Crippen LogP contribution is 2.36. The van der Waals surface area contributed by atoms with Crippen LogP contribution in [-0.2, 0) is 22.6 Å². The lowest BCUT2D eigenvalue weighted by Crippen LogP contribution is -2.08. The lowest BCUT2D eigenvalue weighted by Gasteiger charge is -2.02. The molecule has 0 radical (unpaired) electrons. The number of thiazole rings is 1. The predicted molar refractivity (Wildman–Crippen MR) is 126 cm³/mol. The van der Waals surface area contributed by atoms with Crippen LogP contribution in [0.2, 0.25) is 0 Å². The Morgan fingerprint density at radius 2 is 1.66 bits per heavy atom. The molecule has 0 saturated carbocycles. The fourth-order valence-electron chi connectivity index (χ4n) is 3.20. The molecule has 5 aromatic rings. The fourth-order valence-corrected chi connectivity index (χ4v) is 5.08. The predicted octanol–water partition coefficient (Wildman–Crippen LogP) is 6.48. The molecular weight excluding hydrogens is 440 g/mol. The van der Waals surface area contributed by atoms with Gasteiger partial charge in [0, 0.05) is 16.0 Å². The molecule has 0 fully saturated rings. The van der Waals surface area contributed by atoms with E-state index in [0.717, 1.165) is 31.6 Å². The molecular formula is C25H18N2O3S2. The van der Waals surface area contributed by atoms with E-state index in [-0.39, 0.29) is 19.0 Å². The first-order valence-corrected chi connectivity index (χ1v) is 11.7. The average molecular weight is 459 g/mol. The number of aromatic nitrogens is 2. The van der Waals surface area contributed by atoms with E-state index in [1.165, 1.54) is 17.6 Å². The van der Waals surface area contributed by atoms with Crippen LogP contribution in [0.25, 0.3) is 32.6 Å². The van der Waals surface area contributed by atoms with Crippen molar-refractivity contribution in [2.75, 3.05) is 0 Å². The van der Waals surface area contributed by atoms with Crippen LogP contribution >= 0.6 is 22.7 Å². The molecule has 0 unspecified atom stereocenters. The summed E-state index contributed by atoms with van der Waals surface area (Å²) in [7, 11) is 0. The summed E-state index contributed by atoms with van der Waals surface area (Å²) >= 11 is 3.13. The summed E-state index contributed by atoms with van der Waals surface area (Å²) < 4.78 is 11.0. The Bertz CT molecular complexity index is 1310. The number of esters is 1. The van der Waals surface area contributed by atoms with Gasteiger partial charge < -0.3 is 9.15 Å². The van der Waals surface area contributed by atoms with E-state index in [4.69, 9.17) is 14.1 Å². The van der Waals surface area contributed by atoms with E-state index >= 15 is 0 Å². The van der Waals surface area contributed by atoms with E-state index < -0.39 is 0 Å². The van der Waals surface area contributed by atoms with Crippen molar-refractivity contribution in [2.24, 2.45) is 0 Å². The van der Waals surface area contributed by atoms with Crippen LogP contribution in [-0.4, -0.2) is 15.9 Å². The molecule has 5 rings (SSSR count). The van der Waals surface area contributed by atoms with Gasteiger partial charge in [-0.3, -0.25) is 4.79 Å². The van der Waals surface area contributed by atoms with Crippen molar-refractivity contribution in [2.45, 2.75) is 13.0 Å². The molecule has 0 amide bonds. The van der Waals surface area contributed by atoms with E-state index in [1.807, 2.05) is 78.2 Å². The summed E-state index contributed by atoms with van der Waals surface area (Å²) in [6.45, 7) is 0.0633. The Kier molecular flexibility index (Phi) is 5.91. The number of carbonyl (C=O) groups is 1. The minimum atomic E-state index is -0.324. The third-order valence-corrected chi connectivity index (χ3v) is 6.71. The standard InChI is InChI=1S/C25H18N2O3S2/c28-22(29-15-19-16-30-24(26-19)17-8-3-1-4-9-17)14-21-23(20-12-7-13-31-20)27-25(32-21)18-10-5-2-6-11-18/h1-13,16H,14-15H2. The van der Waals surface area contributed by atoms with Gasteiger partial charge in [0.1, 0.15) is 23.6 Å². The van der Waals surface area contributed by atoms with E-state index in [2.05, 4.69) is 4.98 Å². The molecule has 7 heteroatoms. The number of nitrogens with zero attached hydrogens (tertiary/aromatic N) is 2. The number of thiophene rings is 1. The highest BCUT2D eigenvalue weighted by molar-refractivity contribution is 7.17. The summed E-state index contributed by atoms with van der Waals surface area (Å²) in [4.78, 5) is 23.8. The number of ether oxygens (including phenoxy) is 1. The Balaban J connectivity index is 1.30. The number of rotatable bonds is 7. The van der Waals surface area contributed by atoms with Crippen molar-refractivity contribution in [1.29, 1.82) is 0 Å². The second-order valence-electron chi connectivity index (χ2n) is 6.98. The molecule has 3 aromatic heterocycles. The Labute approximate surface area is 193 Å². The largest absolute Gasteiger partial charge is 0.459 e. The summed E-state index contributed by atoms with van der Waals surface area (Å²) in [5.41, 5.74) is 3.33. The van der Waals surface area contributed by atoms with Crippen molar-refractivity contribution in [1.82, 2.24) is 9.97 Å². The second-order valence-corrected chi connectivity index (χ2v) is 9.01. The lowest BCUT2D eigenvalue weighted by molar-refractivity contribution is -0.144. The van der Waals surface area contributed by atoms with Gasteiger partial charge in [-0.25, -0.2) is 9.97 Å². The zero-order chi connectivity index (χ0) is 21.8. The molecule has 5 nitrogen and oxygen atoms in total. The smallest absolute Gasteiger partial charge is 0.311 e. The number of oxazole rings is 1. The Morgan fingerprint density at radius 3 is 2.38 bits per heavy atom. The van der Waals surface area contributed by atoms with Gasteiger partial charge in [0.25, 0.3) is 0 Å². The van der Waals surface area contributed by atoms with Crippen molar-refractivity contribution >= 4 is 28.6 Å². The summed E-state index contributed by atoms with van der Waals surface area (Å²) in [5.74, 6) is 0.182. The number of hydrogen-bond donors (Lipinski definition) is 0. The SMILES string of the molecule is O=C(Cc1sc(-c2ccccc2)nc1-c1cccs1)OCc1coc(-c2ccccc2)n1. The van der Waals surface area contributed by atoms with Gasteiger partial charge in [-0.05, 0) is 23.6 Å². The van der Waals surface area contributed by atoms with Crippen LogP contribution in [0.15, 0.2) is 88.9 Å². The monoisotopic (exact) mass is 458 g/mol. The second kappa shape index (κ2) is 9.30. The molecule has 32 heavy (non-hydrogen) atoms. The molecule has 3 heterocycles. The topological polar surface area (TPSA) is 65.2 Å². The van der Waals surface area contributed by atoms with Crippen molar-refractivity contribution in [3.63, 3.8) is 0 Å². The van der Waals surface area contributed by atoms with Gasteiger partial charge in [-0.2, -0.15) is 0 Å². The Morgan fingerprint density at radius 1 is 0.906 bits per heavy atom. The lowest BCUT2D eigenvalue weighted by atomic mass is 10.2. The molecule has 0 spiro atoms.